The van der Waals surface area contributed by atoms with Crippen LogP contribution in [-0.2, 0) is 19.2 Å². The van der Waals surface area contributed by atoms with E-state index in [1.807, 2.05) is 0 Å². The molecule has 0 aromatic heterocycles. The van der Waals surface area contributed by atoms with Crippen LogP contribution < -0.4 is 18.9 Å². The fourth-order valence-electron chi connectivity index (χ4n) is 4.85. The van der Waals surface area contributed by atoms with Crippen LogP contribution in [0.3, 0.4) is 0 Å². The largest absolute Gasteiger partial charge is 0.419 e. The molecule has 0 aliphatic carbocycles. The van der Waals surface area contributed by atoms with Crippen molar-refractivity contribution in [2.75, 3.05) is 0 Å². The van der Waals surface area contributed by atoms with Crippen LogP contribution in [0.1, 0.15) is 27.7 Å². The van der Waals surface area contributed by atoms with E-state index < -0.39 is 29.7 Å². The lowest BCUT2D eigenvalue weighted by molar-refractivity contribution is -0.132. The molecule has 0 N–H and O–H groups in total. The summed E-state index contributed by atoms with van der Waals surface area (Å²) in [5.41, 5.74) is 2.76. The zero-order valence-corrected chi connectivity index (χ0v) is 28.5. The van der Waals surface area contributed by atoms with E-state index in [0.717, 1.165) is 0 Å². The number of esters is 4. The first-order valence-corrected chi connectivity index (χ1v) is 15.6. The number of benzene rings is 5. The van der Waals surface area contributed by atoms with Gasteiger partial charge < -0.3 is 18.9 Å². The minimum Gasteiger partial charge on any atom is -0.419 e. The van der Waals surface area contributed by atoms with Crippen molar-refractivity contribution in [3.8, 4) is 45.3 Å². The fourth-order valence-corrected chi connectivity index (χ4v) is 4.85. The van der Waals surface area contributed by atoms with Gasteiger partial charge in [0, 0.05) is 27.9 Å². The summed E-state index contributed by atoms with van der Waals surface area (Å²) in [5.74, 6) is -3.20. The van der Waals surface area contributed by atoms with Crippen molar-refractivity contribution in [3.63, 3.8) is 0 Å². The van der Waals surface area contributed by atoms with Crippen molar-refractivity contribution < 1.29 is 42.5 Å². The number of ether oxygens (including phenoxy) is 4. The predicted octanol–water partition coefficient (Wildman–Crippen LogP) is 9.39. The minimum absolute atomic E-state index is 0.00646. The Kier molecular flexibility index (Phi) is 10.1. The molecule has 0 atom stereocenters. The molecule has 0 saturated heterocycles. The lowest BCUT2D eigenvalue weighted by Gasteiger charge is -2.14. The molecular weight excluding hydrogens is 651 g/mol. The molecule has 0 heterocycles. The summed E-state index contributed by atoms with van der Waals surface area (Å²) in [5, 5.41) is 2.57. The smallest absolute Gasteiger partial charge is 0.338 e. The maximum absolute atomic E-state index is 15.8. The van der Waals surface area contributed by atoms with Gasteiger partial charge in [0.1, 0.15) is 5.82 Å². The standard InChI is InChI=1S/C42H33FO8/c1-22(2)39(44)48-35-18-28-10-9-26(15-31(28)20-37(35)50-41(46)24(5)6)27-13-14-33(34(43)17-27)30-12-11-29-19-36(49-40(45)23(3)4)38(21-32(29)16-30)51-42(47)25(7)8/h9-21H,1,3,5,7H2,2,4,6,8H3. The number of hydrogen-bond acceptors (Lipinski definition) is 8. The van der Waals surface area contributed by atoms with Crippen LogP contribution in [0.2, 0.25) is 0 Å². The predicted molar refractivity (Wildman–Crippen MR) is 194 cm³/mol. The second kappa shape index (κ2) is 14.5. The lowest BCUT2D eigenvalue weighted by atomic mass is 9.96. The van der Waals surface area contributed by atoms with Gasteiger partial charge in [-0.2, -0.15) is 0 Å². The molecule has 9 heteroatoms. The van der Waals surface area contributed by atoms with E-state index in [1.54, 1.807) is 66.7 Å². The Labute approximate surface area is 293 Å². The van der Waals surface area contributed by atoms with Crippen LogP contribution in [0.4, 0.5) is 4.39 Å². The monoisotopic (exact) mass is 684 g/mol. The Hall–Kier alpha value is -6.61. The van der Waals surface area contributed by atoms with Gasteiger partial charge in [-0.3, -0.25) is 0 Å². The number of rotatable bonds is 10. The fraction of sp³-hybridized carbons (Fsp3) is 0.0952. The van der Waals surface area contributed by atoms with Gasteiger partial charge in [-0.05, 0) is 108 Å². The summed E-state index contributed by atoms with van der Waals surface area (Å²) in [6.07, 6.45) is 0. The second-order valence-corrected chi connectivity index (χ2v) is 12.1. The van der Waals surface area contributed by atoms with E-state index in [2.05, 4.69) is 26.3 Å². The summed E-state index contributed by atoms with van der Waals surface area (Å²) < 4.78 is 37.6. The molecule has 8 nitrogen and oxygen atoms in total. The van der Waals surface area contributed by atoms with Crippen molar-refractivity contribution in [2.45, 2.75) is 27.7 Å². The van der Waals surface area contributed by atoms with Crippen LogP contribution in [0.25, 0.3) is 43.8 Å². The van der Waals surface area contributed by atoms with Crippen LogP contribution >= 0.6 is 0 Å². The van der Waals surface area contributed by atoms with Gasteiger partial charge in [0.25, 0.3) is 0 Å². The summed E-state index contributed by atoms with van der Waals surface area (Å²) in [7, 11) is 0. The molecule has 5 rings (SSSR count). The molecule has 0 radical (unpaired) electrons. The highest BCUT2D eigenvalue weighted by molar-refractivity contribution is 5.97. The molecule has 256 valence electrons. The molecule has 0 fully saturated rings. The van der Waals surface area contributed by atoms with E-state index in [-0.39, 0.29) is 45.3 Å². The summed E-state index contributed by atoms with van der Waals surface area (Å²) in [6.45, 7) is 20.4. The van der Waals surface area contributed by atoms with Gasteiger partial charge in [-0.1, -0.05) is 62.7 Å². The Balaban J connectivity index is 1.51. The highest BCUT2D eigenvalue weighted by Gasteiger charge is 2.19. The molecule has 51 heavy (non-hydrogen) atoms. The van der Waals surface area contributed by atoms with Crippen molar-refractivity contribution in [2.24, 2.45) is 0 Å². The molecule has 0 spiro atoms. The first kappa shape index (κ1) is 35.7. The SMILES string of the molecule is C=C(C)C(=O)Oc1cc2ccc(-c3ccc(-c4ccc5cc(OC(=O)C(=C)C)c(OC(=O)C(=C)C)cc5c4)c(F)c3)cc2cc1OC(=O)C(=C)C. The lowest BCUT2D eigenvalue weighted by Crippen LogP contribution is -2.12. The van der Waals surface area contributed by atoms with E-state index in [0.29, 0.717) is 43.8 Å². The Bertz CT molecular complexity index is 2360. The third-order valence-electron chi connectivity index (χ3n) is 7.62. The van der Waals surface area contributed by atoms with E-state index >= 15 is 4.39 Å². The first-order valence-electron chi connectivity index (χ1n) is 15.6. The van der Waals surface area contributed by atoms with Gasteiger partial charge in [0.05, 0.1) is 0 Å². The van der Waals surface area contributed by atoms with Crippen molar-refractivity contribution in [1.29, 1.82) is 0 Å². The minimum atomic E-state index is -0.704. The average molecular weight is 685 g/mol. The molecule has 5 aromatic rings. The van der Waals surface area contributed by atoms with Crippen molar-refractivity contribution in [3.05, 3.63) is 133 Å². The average Bonchev–Trinajstić information content (AvgIpc) is 3.07. The van der Waals surface area contributed by atoms with E-state index in [4.69, 9.17) is 18.9 Å². The summed E-state index contributed by atoms with van der Waals surface area (Å²) >= 11 is 0. The third kappa shape index (κ3) is 8.00. The topological polar surface area (TPSA) is 105 Å². The maximum atomic E-state index is 15.8. The normalized spacial score (nSPS) is 10.7. The zero-order chi connectivity index (χ0) is 37.1. The summed E-state index contributed by atoms with van der Waals surface area (Å²) in [6, 6.07) is 21.6. The Morgan fingerprint density at radius 3 is 1.12 bits per heavy atom. The third-order valence-corrected chi connectivity index (χ3v) is 7.62. The van der Waals surface area contributed by atoms with E-state index in [1.165, 1.54) is 39.8 Å². The van der Waals surface area contributed by atoms with Gasteiger partial charge >= 0.3 is 23.9 Å². The number of fused-ring (bicyclic) bond motifs is 2. The highest BCUT2D eigenvalue weighted by atomic mass is 19.1. The van der Waals surface area contributed by atoms with Gasteiger partial charge in [0.15, 0.2) is 23.0 Å². The molecule has 0 aliphatic rings. The molecule has 0 bridgehead atoms. The zero-order valence-electron chi connectivity index (χ0n) is 28.5. The molecule has 5 aromatic carbocycles. The maximum Gasteiger partial charge on any atom is 0.338 e. The number of hydrogen-bond donors (Lipinski definition) is 0. The van der Waals surface area contributed by atoms with Crippen molar-refractivity contribution in [1.82, 2.24) is 0 Å². The van der Waals surface area contributed by atoms with Crippen LogP contribution in [0.15, 0.2) is 127 Å². The Morgan fingerprint density at radius 2 is 0.745 bits per heavy atom. The van der Waals surface area contributed by atoms with E-state index in [9.17, 15) is 19.2 Å². The van der Waals surface area contributed by atoms with Gasteiger partial charge in [-0.15, -0.1) is 0 Å². The van der Waals surface area contributed by atoms with Crippen LogP contribution in [0.5, 0.6) is 23.0 Å². The quantitative estimate of drug-likeness (QED) is 0.0814. The number of carbonyl (C=O) groups excluding carboxylic acids is 4. The molecule has 0 aliphatic heterocycles. The molecule has 0 saturated carbocycles. The molecular formula is C42H33FO8. The second-order valence-electron chi connectivity index (χ2n) is 12.1. The van der Waals surface area contributed by atoms with Crippen LogP contribution in [-0.4, -0.2) is 23.9 Å². The number of carbonyl (C=O) groups is 4. The Morgan fingerprint density at radius 1 is 0.431 bits per heavy atom. The van der Waals surface area contributed by atoms with Crippen molar-refractivity contribution >= 4 is 45.4 Å². The highest BCUT2D eigenvalue weighted by Crippen LogP contribution is 2.38. The summed E-state index contributed by atoms with van der Waals surface area (Å²) in [4.78, 5) is 49.3. The van der Waals surface area contributed by atoms with Gasteiger partial charge in [-0.25, -0.2) is 23.6 Å². The van der Waals surface area contributed by atoms with Gasteiger partial charge in [0.2, 0.25) is 0 Å². The van der Waals surface area contributed by atoms with Crippen LogP contribution in [0, 0.1) is 5.82 Å². The number of halogens is 1. The molecule has 0 unspecified atom stereocenters. The molecule has 0 amide bonds. The first-order chi connectivity index (χ1) is 24.1.